The molecule has 1 atom stereocenters. The molecule has 0 aromatic rings. The minimum atomic E-state index is -1.08. The molecule has 0 saturated carbocycles. The number of aliphatic hydroxyl groups excluding tert-OH is 2. The molecule has 0 aromatic heterocycles. The maximum atomic E-state index is 9.53. The molecule has 0 aromatic carbocycles. The first-order valence-corrected chi connectivity index (χ1v) is 11.5. The van der Waals surface area contributed by atoms with E-state index in [1.807, 2.05) is 25.7 Å². The van der Waals surface area contributed by atoms with Crippen LogP contribution in [0, 0.1) is 0 Å². The maximum absolute atomic E-state index is 9.53. The highest BCUT2D eigenvalue weighted by atomic mass is 16.7. The lowest BCUT2D eigenvalue weighted by Crippen LogP contribution is -2.62. The Hall–Kier alpha value is -0.240. The quantitative estimate of drug-likeness (QED) is 0.223. The van der Waals surface area contributed by atoms with E-state index in [1.165, 1.54) is 44.9 Å². The fraction of sp³-hybridized carbons (Fsp3) is 1.00. The normalized spacial score (nSPS) is 13.4. The second-order valence-electron chi connectivity index (χ2n) is 7.14. The zero-order valence-electron chi connectivity index (χ0n) is 19.0. The number of hydrogen-bond acceptors (Lipinski definition) is 6. The number of nitrogens with zero attached hydrogens (tertiary/aromatic N) is 1. The van der Waals surface area contributed by atoms with Gasteiger partial charge in [-0.15, -0.1) is 0 Å². The molecule has 0 amide bonds. The summed E-state index contributed by atoms with van der Waals surface area (Å²) in [5.41, 5.74) is 0. The van der Waals surface area contributed by atoms with Crippen LogP contribution in [-0.4, -0.2) is 73.3 Å². The number of ether oxygens (including phenoxy) is 3. The van der Waals surface area contributed by atoms with E-state index in [0.29, 0.717) is 32.9 Å². The third-order valence-electron chi connectivity index (χ3n) is 4.98. The van der Waals surface area contributed by atoms with Crippen molar-refractivity contribution in [2.45, 2.75) is 97.5 Å². The first-order chi connectivity index (χ1) is 13.7. The van der Waals surface area contributed by atoms with E-state index in [-0.39, 0.29) is 19.3 Å². The molecule has 2 N–H and O–H groups in total. The van der Waals surface area contributed by atoms with Gasteiger partial charge in [-0.2, -0.15) is 0 Å². The molecule has 0 aliphatic carbocycles. The SMILES string of the molecule is CCCCCCCCCCC(OCC)C(OCC)(OCC)N(CCO)CCO. The van der Waals surface area contributed by atoms with Crippen LogP contribution >= 0.6 is 0 Å². The van der Waals surface area contributed by atoms with Crippen molar-refractivity contribution in [1.29, 1.82) is 0 Å². The first-order valence-electron chi connectivity index (χ1n) is 11.5. The first kappa shape index (κ1) is 27.8. The van der Waals surface area contributed by atoms with Crippen molar-refractivity contribution < 1.29 is 24.4 Å². The van der Waals surface area contributed by atoms with E-state index in [1.54, 1.807) is 0 Å². The van der Waals surface area contributed by atoms with E-state index in [2.05, 4.69) is 6.92 Å². The Morgan fingerprint density at radius 3 is 1.64 bits per heavy atom. The molecule has 1 unspecified atom stereocenters. The van der Waals surface area contributed by atoms with Crippen LogP contribution in [0.25, 0.3) is 0 Å². The van der Waals surface area contributed by atoms with Crippen molar-refractivity contribution in [3.8, 4) is 0 Å². The topological polar surface area (TPSA) is 71.4 Å². The van der Waals surface area contributed by atoms with Gasteiger partial charge in [0.25, 0.3) is 5.91 Å². The summed E-state index contributed by atoms with van der Waals surface area (Å²) in [6.45, 7) is 10.3. The van der Waals surface area contributed by atoms with Crippen LogP contribution in [0.3, 0.4) is 0 Å². The van der Waals surface area contributed by atoms with Crippen molar-refractivity contribution in [1.82, 2.24) is 4.90 Å². The van der Waals surface area contributed by atoms with E-state index >= 15 is 0 Å². The van der Waals surface area contributed by atoms with Gasteiger partial charge in [-0.1, -0.05) is 58.3 Å². The van der Waals surface area contributed by atoms with Crippen LogP contribution in [0.4, 0.5) is 0 Å². The molecule has 0 heterocycles. The minimum Gasteiger partial charge on any atom is -0.395 e. The smallest absolute Gasteiger partial charge is 0.257 e. The zero-order chi connectivity index (χ0) is 21.1. The zero-order valence-corrected chi connectivity index (χ0v) is 19.0. The van der Waals surface area contributed by atoms with Crippen LogP contribution < -0.4 is 0 Å². The van der Waals surface area contributed by atoms with Gasteiger partial charge in [-0.25, -0.2) is 4.90 Å². The molecule has 6 nitrogen and oxygen atoms in total. The van der Waals surface area contributed by atoms with Crippen LogP contribution in [0.5, 0.6) is 0 Å². The van der Waals surface area contributed by atoms with Gasteiger partial charge < -0.3 is 24.4 Å². The highest BCUT2D eigenvalue weighted by Crippen LogP contribution is 2.30. The van der Waals surface area contributed by atoms with Crippen molar-refractivity contribution in [2.24, 2.45) is 0 Å². The van der Waals surface area contributed by atoms with E-state index in [0.717, 1.165) is 12.8 Å². The van der Waals surface area contributed by atoms with E-state index in [9.17, 15) is 10.2 Å². The number of aliphatic hydroxyl groups is 2. The van der Waals surface area contributed by atoms with E-state index < -0.39 is 5.91 Å². The Labute approximate surface area is 173 Å². The summed E-state index contributed by atoms with van der Waals surface area (Å²) < 4.78 is 18.4. The molecule has 0 aliphatic heterocycles. The maximum Gasteiger partial charge on any atom is 0.257 e. The highest BCUT2D eigenvalue weighted by molar-refractivity contribution is 4.83. The average Bonchev–Trinajstić information content (AvgIpc) is 2.69. The van der Waals surface area contributed by atoms with E-state index in [4.69, 9.17) is 14.2 Å². The predicted octanol–water partition coefficient (Wildman–Crippen LogP) is 3.94. The average molecular weight is 406 g/mol. The summed E-state index contributed by atoms with van der Waals surface area (Å²) in [6.07, 6.45) is 10.6. The standard InChI is InChI=1S/C22H47NO5/c1-5-9-10-11-12-13-14-15-16-21(26-6-2)22(27-7-3,28-8-4)23(17-19-24)18-20-25/h21,24-25H,5-20H2,1-4H3. The molecule has 6 heteroatoms. The van der Waals surface area contributed by atoms with Gasteiger partial charge in [0, 0.05) is 32.9 Å². The molecule has 0 radical (unpaired) electrons. The Morgan fingerprint density at radius 1 is 0.714 bits per heavy atom. The minimum absolute atomic E-state index is 0.0293. The van der Waals surface area contributed by atoms with Crippen LogP contribution in [0.2, 0.25) is 0 Å². The molecule has 0 saturated heterocycles. The Bertz CT molecular complexity index is 318. The monoisotopic (exact) mass is 405 g/mol. The second kappa shape index (κ2) is 18.8. The summed E-state index contributed by atoms with van der Waals surface area (Å²) in [5.74, 6) is -1.08. The van der Waals surface area contributed by atoms with Gasteiger partial charge >= 0.3 is 0 Å². The molecule has 0 bridgehead atoms. The molecule has 0 rings (SSSR count). The Kier molecular flexibility index (Phi) is 18.6. The predicted molar refractivity (Wildman–Crippen MR) is 114 cm³/mol. The Morgan fingerprint density at radius 2 is 1.21 bits per heavy atom. The number of hydrogen-bond donors (Lipinski definition) is 2. The molecule has 170 valence electrons. The largest absolute Gasteiger partial charge is 0.395 e. The van der Waals surface area contributed by atoms with Gasteiger partial charge in [-0.05, 0) is 27.2 Å². The number of rotatable bonds is 21. The lowest BCUT2D eigenvalue weighted by Gasteiger charge is -2.46. The lowest BCUT2D eigenvalue weighted by atomic mass is 10.0. The lowest BCUT2D eigenvalue weighted by molar-refractivity contribution is -0.362. The summed E-state index contributed by atoms with van der Waals surface area (Å²) in [5, 5.41) is 19.1. The number of unbranched alkanes of at least 4 members (excludes halogenated alkanes) is 7. The van der Waals surface area contributed by atoms with Crippen LogP contribution in [-0.2, 0) is 14.2 Å². The van der Waals surface area contributed by atoms with Crippen LogP contribution in [0.15, 0.2) is 0 Å². The van der Waals surface area contributed by atoms with Gasteiger partial charge in [0.05, 0.1) is 13.2 Å². The highest BCUT2D eigenvalue weighted by Gasteiger charge is 2.46. The summed E-state index contributed by atoms with van der Waals surface area (Å²) in [4.78, 5) is 1.88. The summed E-state index contributed by atoms with van der Waals surface area (Å²) in [7, 11) is 0. The van der Waals surface area contributed by atoms with Crippen molar-refractivity contribution in [2.75, 3.05) is 46.1 Å². The second-order valence-corrected chi connectivity index (χ2v) is 7.14. The van der Waals surface area contributed by atoms with Crippen LogP contribution in [0.1, 0.15) is 85.5 Å². The fourth-order valence-electron chi connectivity index (χ4n) is 3.73. The van der Waals surface area contributed by atoms with Gasteiger partial charge in [0.2, 0.25) is 0 Å². The van der Waals surface area contributed by atoms with Gasteiger partial charge in [-0.3, -0.25) is 0 Å². The third kappa shape index (κ3) is 10.5. The fourth-order valence-corrected chi connectivity index (χ4v) is 3.73. The molecule has 0 spiro atoms. The van der Waals surface area contributed by atoms with Crippen molar-refractivity contribution in [3.05, 3.63) is 0 Å². The summed E-state index contributed by atoms with van der Waals surface area (Å²) >= 11 is 0. The third-order valence-corrected chi connectivity index (χ3v) is 4.98. The van der Waals surface area contributed by atoms with Gasteiger partial charge in [0.15, 0.2) is 0 Å². The molecule has 0 aliphatic rings. The Balaban J connectivity index is 5.01. The van der Waals surface area contributed by atoms with Crippen molar-refractivity contribution in [3.63, 3.8) is 0 Å². The summed E-state index contributed by atoms with van der Waals surface area (Å²) in [6, 6.07) is 0. The molecule has 0 fully saturated rings. The van der Waals surface area contributed by atoms with Crippen molar-refractivity contribution >= 4 is 0 Å². The molecule has 28 heavy (non-hydrogen) atoms. The molecular formula is C22H47NO5. The molecular weight excluding hydrogens is 358 g/mol. The van der Waals surface area contributed by atoms with Gasteiger partial charge in [0.1, 0.15) is 6.10 Å².